The summed E-state index contributed by atoms with van der Waals surface area (Å²) in [5.74, 6) is -0.518. The van der Waals surface area contributed by atoms with Gasteiger partial charge in [0.2, 0.25) is 0 Å². The lowest BCUT2D eigenvalue weighted by Gasteiger charge is -2.10. The molecule has 17 heavy (non-hydrogen) atoms. The first-order valence-electron chi connectivity index (χ1n) is 5.32. The molecule has 0 unspecified atom stereocenters. The highest BCUT2D eigenvalue weighted by Crippen LogP contribution is 2.25. The van der Waals surface area contributed by atoms with Gasteiger partial charge in [0, 0.05) is 5.56 Å². The molecule has 4 heteroatoms. The van der Waals surface area contributed by atoms with Gasteiger partial charge in [-0.25, -0.2) is 9.18 Å². The lowest BCUT2D eigenvalue weighted by atomic mass is 9.98. The lowest BCUT2D eigenvalue weighted by Crippen LogP contribution is -2.12. The van der Waals surface area contributed by atoms with Crippen molar-refractivity contribution >= 4 is 0 Å². The van der Waals surface area contributed by atoms with Gasteiger partial charge < -0.3 is 4.98 Å². The topological polar surface area (TPSA) is 45.8 Å². The zero-order chi connectivity index (χ0) is 12.6. The molecule has 0 saturated heterocycles. The fourth-order valence-electron chi connectivity index (χ4n) is 1.80. The van der Waals surface area contributed by atoms with Crippen LogP contribution >= 0.6 is 0 Å². The summed E-state index contributed by atoms with van der Waals surface area (Å²) in [4.78, 5) is 16.9. The van der Waals surface area contributed by atoms with Crippen LogP contribution in [0.5, 0.6) is 0 Å². The van der Waals surface area contributed by atoms with Crippen LogP contribution in [0.25, 0.3) is 11.3 Å². The predicted molar refractivity (Wildman–Crippen MR) is 64.5 cm³/mol. The molecule has 0 atom stereocenters. The molecule has 0 aliphatic heterocycles. The number of nitrogens with one attached hydrogen (secondary N) is 1. The van der Waals surface area contributed by atoms with E-state index in [1.165, 1.54) is 0 Å². The molecule has 88 valence electrons. The Balaban J connectivity index is 2.72. The van der Waals surface area contributed by atoms with E-state index in [1.54, 1.807) is 0 Å². The molecular weight excluding hydrogens is 219 g/mol. The Hall–Kier alpha value is -1.97. The van der Waals surface area contributed by atoms with Gasteiger partial charge in [0.25, 0.3) is 0 Å². The Labute approximate surface area is 98.3 Å². The minimum atomic E-state index is -0.543. The van der Waals surface area contributed by atoms with E-state index in [-0.39, 0.29) is 5.69 Å². The largest absolute Gasteiger partial charge is 0.345 e. The zero-order valence-electron chi connectivity index (χ0n) is 9.97. The Kier molecular flexibility index (Phi) is 2.79. The van der Waals surface area contributed by atoms with Crippen molar-refractivity contribution in [2.45, 2.75) is 20.8 Å². The van der Waals surface area contributed by atoms with Crippen molar-refractivity contribution in [2.75, 3.05) is 0 Å². The minimum absolute atomic E-state index is 0.200. The highest BCUT2D eigenvalue weighted by Gasteiger charge is 2.10. The Bertz CT molecular complexity index is 632. The van der Waals surface area contributed by atoms with Crippen molar-refractivity contribution in [1.29, 1.82) is 0 Å². The number of hydrogen-bond donors (Lipinski definition) is 1. The first-order chi connectivity index (χ1) is 7.99. The normalized spacial score (nSPS) is 10.6. The fraction of sp³-hybridized carbons (Fsp3) is 0.231. The quantitative estimate of drug-likeness (QED) is 0.821. The summed E-state index contributed by atoms with van der Waals surface area (Å²) in [5, 5.41) is 0. The Morgan fingerprint density at radius 1 is 1.12 bits per heavy atom. The number of hydrogen-bond acceptors (Lipinski definition) is 2. The van der Waals surface area contributed by atoms with Crippen molar-refractivity contribution in [1.82, 2.24) is 9.97 Å². The number of aryl methyl sites for hydroxylation is 3. The number of nitrogens with zero attached hydrogens (tertiary/aromatic N) is 1. The van der Waals surface area contributed by atoms with E-state index >= 15 is 0 Å². The maximum Gasteiger partial charge on any atom is 0.345 e. The molecule has 2 aromatic rings. The van der Waals surface area contributed by atoms with Gasteiger partial charge in [-0.05, 0) is 43.5 Å². The predicted octanol–water partition coefficient (Wildman–Crippen LogP) is 2.50. The summed E-state index contributed by atoms with van der Waals surface area (Å²) in [6.07, 6.45) is 0.947. The maximum absolute atomic E-state index is 13.6. The fourth-order valence-corrected chi connectivity index (χ4v) is 1.80. The van der Waals surface area contributed by atoms with Gasteiger partial charge in [-0.15, -0.1) is 0 Å². The summed E-state index contributed by atoms with van der Waals surface area (Å²) >= 11 is 0. The van der Waals surface area contributed by atoms with Crippen molar-refractivity contribution < 1.29 is 4.39 Å². The number of H-pyrrole nitrogens is 1. The SMILES string of the molecule is Cc1cc(C)c(-c2[nH]c(=O)ncc2F)cc1C. The third kappa shape index (κ3) is 2.11. The summed E-state index contributed by atoms with van der Waals surface area (Å²) in [6, 6.07) is 3.85. The van der Waals surface area contributed by atoms with Crippen molar-refractivity contribution in [3.63, 3.8) is 0 Å². The van der Waals surface area contributed by atoms with Crippen LogP contribution in [0.3, 0.4) is 0 Å². The van der Waals surface area contributed by atoms with Gasteiger partial charge in [-0.3, -0.25) is 0 Å². The van der Waals surface area contributed by atoms with E-state index in [0.717, 1.165) is 22.9 Å². The molecular formula is C13H13FN2O. The second kappa shape index (κ2) is 4.13. The van der Waals surface area contributed by atoms with Gasteiger partial charge in [-0.2, -0.15) is 4.98 Å². The molecule has 0 aliphatic rings. The van der Waals surface area contributed by atoms with Gasteiger partial charge >= 0.3 is 5.69 Å². The van der Waals surface area contributed by atoms with E-state index < -0.39 is 11.5 Å². The molecule has 0 aliphatic carbocycles. The molecule has 1 aromatic heterocycles. The molecule has 1 N–H and O–H groups in total. The van der Waals surface area contributed by atoms with E-state index in [4.69, 9.17) is 0 Å². The minimum Gasteiger partial charge on any atom is -0.303 e. The summed E-state index contributed by atoms with van der Waals surface area (Å²) in [7, 11) is 0. The lowest BCUT2D eigenvalue weighted by molar-refractivity contribution is 0.615. The third-order valence-corrected chi connectivity index (χ3v) is 2.88. The van der Waals surface area contributed by atoms with E-state index in [0.29, 0.717) is 5.56 Å². The third-order valence-electron chi connectivity index (χ3n) is 2.88. The van der Waals surface area contributed by atoms with E-state index in [1.807, 2.05) is 32.9 Å². The van der Waals surface area contributed by atoms with Crippen molar-refractivity contribution in [3.05, 3.63) is 51.3 Å². The van der Waals surface area contributed by atoms with Crippen LogP contribution in [-0.2, 0) is 0 Å². The molecule has 1 aromatic carbocycles. The van der Waals surface area contributed by atoms with Crippen LogP contribution in [0.2, 0.25) is 0 Å². The first kappa shape index (κ1) is 11.5. The number of halogens is 1. The maximum atomic E-state index is 13.6. The standard InChI is InChI=1S/C13H13FN2O/c1-7-4-9(3)10(5-8(7)2)12-11(14)6-15-13(17)16-12/h4-6H,1-3H3,(H,15,16,17). The van der Waals surface area contributed by atoms with Crippen LogP contribution < -0.4 is 5.69 Å². The first-order valence-corrected chi connectivity index (χ1v) is 5.32. The zero-order valence-corrected chi connectivity index (χ0v) is 9.97. The van der Waals surface area contributed by atoms with E-state index in [9.17, 15) is 9.18 Å². The molecule has 0 radical (unpaired) electrons. The smallest absolute Gasteiger partial charge is 0.303 e. The molecule has 3 nitrogen and oxygen atoms in total. The average Bonchev–Trinajstić information content (AvgIpc) is 2.27. The van der Waals surface area contributed by atoms with Crippen molar-refractivity contribution in [2.24, 2.45) is 0 Å². The molecule has 1 heterocycles. The second-order valence-corrected chi connectivity index (χ2v) is 4.16. The molecule has 0 fully saturated rings. The van der Waals surface area contributed by atoms with Crippen LogP contribution in [-0.4, -0.2) is 9.97 Å². The summed E-state index contributed by atoms with van der Waals surface area (Å²) in [6.45, 7) is 5.84. The summed E-state index contributed by atoms with van der Waals surface area (Å²) < 4.78 is 13.6. The van der Waals surface area contributed by atoms with Crippen LogP contribution in [0.1, 0.15) is 16.7 Å². The van der Waals surface area contributed by atoms with E-state index in [2.05, 4.69) is 9.97 Å². The van der Waals surface area contributed by atoms with Crippen LogP contribution in [0, 0.1) is 26.6 Å². The molecule has 0 amide bonds. The Morgan fingerprint density at radius 3 is 2.47 bits per heavy atom. The van der Waals surface area contributed by atoms with Crippen LogP contribution in [0.15, 0.2) is 23.1 Å². The van der Waals surface area contributed by atoms with Gasteiger partial charge in [0.05, 0.1) is 11.9 Å². The van der Waals surface area contributed by atoms with Crippen molar-refractivity contribution in [3.8, 4) is 11.3 Å². The highest BCUT2D eigenvalue weighted by molar-refractivity contribution is 5.65. The number of aromatic nitrogens is 2. The average molecular weight is 232 g/mol. The van der Waals surface area contributed by atoms with Gasteiger partial charge in [-0.1, -0.05) is 6.07 Å². The highest BCUT2D eigenvalue weighted by atomic mass is 19.1. The van der Waals surface area contributed by atoms with Crippen LogP contribution in [0.4, 0.5) is 4.39 Å². The summed E-state index contributed by atoms with van der Waals surface area (Å²) in [5.41, 5.74) is 3.48. The number of rotatable bonds is 1. The van der Waals surface area contributed by atoms with Gasteiger partial charge in [0.1, 0.15) is 0 Å². The number of aromatic amines is 1. The molecule has 2 rings (SSSR count). The second-order valence-electron chi connectivity index (χ2n) is 4.16. The molecule has 0 bridgehead atoms. The monoisotopic (exact) mass is 232 g/mol. The molecule has 0 spiro atoms. The number of benzene rings is 1. The Morgan fingerprint density at radius 2 is 1.76 bits per heavy atom. The molecule has 0 saturated carbocycles. The van der Waals surface area contributed by atoms with Gasteiger partial charge in [0.15, 0.2) is 5.82 Å².